The zero-order valence-electron chi connectivity index (χ0n) is 6.55. The molecule has 2 nitrogen and oxygen atoms in total. The van der Waals surface area contributed by atoms with Crippen molar-refractivity contribution in [2.75, 3.05) is 0 Å². The molecule has 10 heavy (non-hydrogen) atoms. The van der Waals surface area contributed by atoms with Crippen LogP contribution in [0.15, 0.2) is 0 Å². The topological polar surface area (TPSA) is 52.0 Å². The number of nitrogens with two attached hydrogens (primary N) is 2. The first-order valence-corrected chi connectivity index (χ1v) is 4.32. The zero-order valence-corrected chi connectivity index (χ0v) is 6.55. The van der Waals surface area contributed by atoms with Crippen LogP contribution in [0.2, 0.25) is 0 Å². The van der Waals surface area contributed by atoms with Crippen molar-refractivity contribution < 1.29 is 0 Å². The Hall–Kier alpha value is -0.0800. The van der Waals surface area contributed by atoms with E-state index in [2.05, 4.69) is 0 Å². The molecule has 4 N–H and O–H groups in total. The van der Waals surface area contributed by atoms with Gasteiger partial charge in [-0.25, -0.2) is 0 Å². The molecule has 1 aliphatic carbocycles. The van der Waals surface area contributed by atoms with Crippen LogP contribution in [0.3, 0.4) is 0 Å². The molecule has 0 amide bonds. The minimum atomic E-state index is 0.264. The molecule has 0 aromatic carbocycles. The molecule has 0 heterocycles. The van der Waals surface area contributed by atoms with Crippen molar-refractivity contribution in [1.82, 2.24) is 0 Å². The quantitative estimate of drug-likeness (QED) is 0.530. The van der Waals surface area contributed by atoms with Gasteiger partial charge in [0.05, 0.1) is 0 Å². The predicted octanol–water partition coefficient (Wildman–Crippen LogP) is 0.995. The third kappa shape index (κ3) is 2.27. The minimum absolute atomic E-state index is 0.264. The van der Waals surface area contributed by atoms with Crippen molar-refractivity contribution in [1.29, 1.82) is 0 Å². The lowest BCUT2D eigenvalue weighted by molar-refractivity contribution is 0.403. The van der Waals surface area contributed by atoms with E-state index in [1.165, 1.54) is 25.7 Å². The summed E-state index contributed by atoms with van der Waals surface area (Å²) >= 11 is 0. The standard InChI is InChI=1S/C8H18N2/c9-7-5-3-1-2-4-6-8(7)10/h7-8H,1-6,9-10H2/t7-,8-/m0/s1. The predicted molar refractivity (Wildman–Crippen MR) is 43.7 cm³/mol. The van der Waals surface area contributed by atoms with Crippen molar-refractivity contribution in [3.8, 4) is 0 Å². The maximum absolute atomic E-state index is 5.82. The first-order chi connectivity index (χ1) is 4.80. The van der Waals surface area contributed by atoms with Gasteiger partial charge in [-0.15, -0.1) is 0 Å². The van der Waals surface area contributed by atoms with Gasteiger partial charge >= 0.3 is 0 Å². The van der Waals surface area contributed by atoms with Crippen LogP contribution in [0.1, 0.15) is 38.5 Å². The van der Waals surface area contributed by atoms with E-state index in [-0.39, 0.29) is 12.1 Å². The van der Waals surface area contributed by atoms with Crippen LogP contribution in [0, 0.1) is 0 Å². The zero-order chi connectivity index (χ0) is 7.40. The summed E-state index contributed by atoms with van der Waals surface area (Å²) < 4.78 is 0. The number of rotatable bonds is 0. The normalized spacial score (nSPS) is 36.6. The lowest BCUT2D eigenvalue weighted by atomic mass is 9.94. The number of hydrogen-bond donors (Lipinski definition) is 2. The fraction of sp³-hybridized carbons (Fsp3) is 1.00. The average Bonchev–Trinajstić information content (AvgIpc) is 1.92. The average molecular weight is 142 g/mol. The minimum Gasteiger partial charge on any atom is -0.326 e. The first kappa shape index (κ1) is 8.02. The Balaban J connectivity index is 2.28. The first-order valence-electron chi connectivity index (χ1n) is 4.32. The van der Waals surface area contributed by atoms with E-state index in [9.17, 15) is 0 Å². The summed E-state index contributed by atoms with van der Waals surface area (Å²) in [6, 6.07) is 0.528. The molecular formula is C8H18N2. The fourth-order valence-corrected chi connectivity index (χ4v) is 1.54. The Morgan fingerprint density at radius 1 is 0.700 bits per heavy atom. The molecule has 0 bridgehead atoms. The Kier molecular flexibility index (Phi) is 3.16. The fourth-order valence-electron chi connectivity index (χ4n) is 1.54. The van der Waals surface area contributed by atoms with E-state index in [0.29, 0.717) is 0 Å². The van der Waals surface area contributed by atoms with E-state index in [1.807, 2.05) is 0 Å². The molecule has 0 saturated heterocycles. The van der Waals surface area contributed by atoms with Gasteiger partial charge in [0.15, 0.2) is 0 Å². The monoisotopic (exact) mass is 142 g/mol. The maximum Gasteiger partial charge on any atom is 0.0192 e. The van der Waals surface area contributed by atoms with Gasteiger partial charge in [-0.05, 0) is 12.8 Å². The SMILES string of the molecule is N[C@H]1CCCCCC[C@@H]1N. The molecular weight excluding hydrogens is 124 g/mol. The maximum atomic E-state index is 5.82. The van der Waals surface area contributed by atoms with Crippen LogP contribution < -0.4 is 11.5 Å². The lowest BCUT2D eigenvalue weighted by Crippen LogP contribution is -2.41. The van der Waals surface area contributed by atoms with Gasteiger partial charge in [0.2, 0.25) is 0 Å². The second-order valence-electron chi connectivity index (χ2n) is 3.32. The van der Waals surface area contributed by atoms with Crippen LogP contribution >= 0.6 is 0 Å². The smallest absolute Gasteiger partial charge is 0.0192 e. The van der Waals surface area contributed by atoms with Gasteiger partial charge in [0, 0.05) is 12.1 Å². The van der Waals surface area contributed by atoms with Gasteiger partial charge in [-0.2, -0.15) is 0 Å². The molecule has 2 atom stereocenters. The summed E-state index contributed by atoms with van der Waals surface area (Å²) in [7, 11) is 0. The molecule has 60 valence electrons. The lowest BCUT2D eigenvalue weighted by Gasteiger charge is -2.22. The summed E-state index contributed by atoms with van der Waals surface area (Å²) in [5.41, 5.74) is 11.6. The molecule has 0 aliphatic heterocycles. The van der Waals surface area contributed by atoms with Crippen LogP contribution in [0.25, 0.3) is 0 Å². The van der Waals surface area contributed by atoms with Gasteiger partial charge in [-0.1, -0.05) is 25.7 Å². The van der Waals surface area contributed by atoms with Crippen molar-refractivity contribution >= 4 is 0 Å². The summed E-state index contributed by atoms with van der Waals surface area (Å²) in [5, 5.41) is 0. The van der Waals surface area contributed by atoms with Crippen LogP contribution in [-0.2, 0) is 0 Å². The third-order valence-corrected chi connectivity index (χ3v) is 2.37. The Morgan fingerprint density at radius 3 is 1.50 bits per heavy atom. The molecule has 0 aromatic heterocycles. The van der Waals surface area contributed by atoms with E-state index in [0.717, 1.165) is 12.8 Å². The van der Waals surface area contributed by atoms with Gasteiger partial charge in [-0.3, -0.25) is 0 Å². The number of hydrogen-bond acceptors (Lipinski definition) is 2. The molecule has 0 radical (unpaired) electrons. The van der Waals surface area contributed by atoms with E-state index >= 15 is 0 Å². The highest BCUT2D eigenvalue weighted by atomic mass is 14.8. The van der Waals surface area contributed by atoms with Crippen LogP contribution in [0.5, 0.6) is 0 Å². The second kappa shape index (κ2) is 3.94. The van der Waals surface area contributed by atoms with E-state index < -0.39 is 0 Å². The van der Waals surface area contributed by atoms with Gasteiger partial charge < -0.3 is 11.5 Å². The Bertz CT molecular complexity index is 81.3. The summed E-state index contributed by atoms with van der Waals surface area (Å²) in [4.78, 5) is 0. The molecule has 1 saturated carbocycles. The van der Waals surface area contributed by atoms with Crippen molar-refractivity contribution in [3.05, 3.63) is 0 Å². The highest BCUT2D eigenvalue weighted by Crippen LogP contribution is 2.14. The molecule has 2 heteroatoms. The molecule has 1 fully saturated rings. The molecule has 0 spiro atoms. The van der Waals surface area contributed by atoms with Crippen molar-refractivity contribution in [2.45, 2.75) is 50.6 Å². The molecule has 1 aliphatic rings. The van der Waals surface area contributed by atoms with E-state index in [4.69, 9.17) is 11.5 Å². The summed E-state index contributed by atoms with van der Waals surface area (Å²) in [6.45, 7) is 0. The Morgan fingerprint density at radius 2 is 1.10 bits per heavy atom. The summed E-state index contributed by atoms with van der Waals surface area (Å²) in [6.07, 6.45) is 7.49. The third-order valence-electron chi connectivity index (χ3n) is 2.37. The molecule has 0 aromatic rings. The van der Waals surface area contributed by atoms with Crippen LogP contribution in [0.4, 0.5) is 0 Å². The largest absolute Gasteiger partial charge is 0.326 e. The highest BCUT2D eigenvalue weighted by molar-refractivity contribution is 4.77. The Labute approximate surface area is 63.0 Å². The van der Waals surface area contributed by atoms with E-state index in [1.54, 1.807) is 0 Å². The van der Waals surface area contributed by atoms with Crippen LogP contribution in [-0.4, -0.2) is 12.1 Å². The van der Waals surface area contributed by atoms with Crippen molar-refractivity contribution in [2.24, 2.45) is 11.5 Å². The summed E-state index contributed by atoms with van der Waals surface area (Å²) in [5.74, 6) is 0. The second-order valence-corrected chi connectivity index (χ2v) is 3.32. The van der Waals surface area contributed by atoms with Crippen molar-refractivity contribution in [3.63, 3.8) is 0 Å². The van der Waals surface area contributed by atoms with Gasteiger partial charge in [0.1, 0.15) is 0 Å². The highest BCUT2D eigenvalue weighted by Gasteiger charge is 2.14. The van der Waals surface area contributed by atoms with Gasteiger partial charge in [0.25, 0.3) is 0 Å². The molecule has 0 unspecified atom stereocenters. The molecule has 1 rings (SSSR count).